The second kappa shape index (κ2) is 3.26. The lowest BCUT2D eigenvalue weighted by molar-refractivity contribution is 0.425. The summed E-state index contributed by atoms with van der Waals surface area (Å²) in [5.74, 6) is 0. The van der Waals surface area contributed by atoms with Crippen LogP contribution in [-0.2, 0) is 0 Å². The number of nitrogens with zero attached hydrogens (tertiary/aromatic N) is 1. The van der Waals surface area contributed by atoms with Gasteiger partial charge in [-0.2, -0.15) is 5.26 Å². The van der Waals surface area contributed by atoms with Gasteiger partial charge in [0.15, 0.2) is 0 Å². The summed E-state index contributed by atoms with van der Waals surface area (Å²) < 4.78 is 0. The third-order valence-corrected chi connectivity index (χ3v) is 1.48. The normalized spacial score (nSPS) is 9.08. The second-order valence-corrected chi connectivity index (χ2v) is 2.33. The van der Waals surface area contributed by atoms with Gasteiger partial charge in [-0.05, 0) is 17.6 Å². The third-order valence-electron chi connectivity index (χ3n) is 1.48. The molecule has 0 spiro atoms. The minimum absolute atomic E-state index is 0.173. The van der Waals surface area contributed by atoms with Crippen molar-refractivity contribution in [3.8, 4) is 6.07 Å². The summed E-state index contributed by atoms with van der Waals surface area (Å²) in [4.78, 5) is 0. The Hall–Kier alpha value is -1.51. The molecule has 4 nitrogen and oxygen atoms in total. The van der Waals surface area contributed by atoms with Gasteiger partial charge in [0.05, 0.1) is 11.6 Å². The highest BCUT2D eigenvalue weighted by Crippen LogP contribution is 2.03. The monoisotopic (exact) mass is 162 g/mol. The number of hydrogen-bond donors (Lipinski definition) is 3. The van der Waals surface area contributed by atoms with Gasteiger partial charge in [0.1, 0.15) is 0 Å². The van der Waals surface area contributed by atoms with E-state index in [4.69, 9.17) is 21.0 Å². The molecule has 0 bridgehead atoms. The topological polar surface area (TPSA) is 90.3 Å². The molecule has 1 aromatic rings. The van der Waals surface area contributed by atoms with Crippen molar-refractivity contribution in [3.05, 3.63) is 23.8 Å². The summed E-state index contributed by atoms with van der Waals surface area (Å²) >= 11 is 0. The number of nitriles is 1. The summed E-state index contributed by atoms with van der Waals surface area (Å²) in [6, 6.07) is 6.14. The first-order valence-electron chi connectivity index (χ1n) is 3.31. The molecule has 1 aromatic carbocycles. The van der Waals surface area contributed by atoms with Crippen LogP contribution in [0.5, 0.6) is 0 Å². The van der Waals surface area contributed by atoms with E-state index in [0.717, 1.165) is 0 Å². The fourth-order valence-electron chi connectivity index (χ4n) is 0.896. The maximum absolute atomic E-state index is 8.79. The van der Waals surface area contributed by atoms with Crippen molar-refractivity contribution in [2.45, 2.75) is 0 Å². The molecule has 0 aliphatic heterocycles. The highest BCUT2D eigenvalue weighted by molar-refractivity contribution is 6.59. The van der Waals surface area contributed by atoms with E-state index >= 15 is 0 Å². The maximum atomic E-state index is 8.79. The lowest BCUT2D eigenvalue weighted by Gasteiger charge is -2.02. The van der Waals surface area contributed by atoms with Gasteiger partial charge in [0, 0.05) is 5.69 Å². The lowest BCUT2D eigenvalue weighted by Crippen LogP contribution is -2.32. The van der Waals surface area contributed by atoms with Gasteiger partial charge in [-0.3, -0.25) is 0 Å². The zero-order chi connectivity index (χ0) is 9.14. The van der Waals surface area contributed by atoms with Gasteiger partial charge in [-0.15, -0.1) is 0 Å². The predicted molar refractivity (Wildman–Crippen MR) is 45.4 cm³/mol. The Morgan fingerprint density at radius 1 is 1.42 bits per heavy atom. The minimum Gasteiger partial charge on any atom is -0.423 e. The molecule has 0 amide bonds. The van der Waals surface area contributed by atoms with Crippen LogP contribution in [-0.4, -0.2) is 17.2 Å². The molecule has 0 aliphatic rings. The Bertz CT molecular complexity index is 333. The molecule has 0 heterocycles. The van der Waals surface area contributed by atoms with Crippen molar-refractivity contribution in [1.82, 2.24) is 0 Å². The highest BCUT2D eigenvalue weighted by Gasteiger charge is 2.15. The fourth-order valence-corrected chi connectivity index (χ4v) is 0.896. The fraction of sp³-hybridized carbons (Fsp3) is 0. The van der Waals surface area contributed by atoms with Crippen LogP contribution in [0.4, 0.5) is 5.69 Å². The SMILES string of the molecule is N#Cc1cc(N)ccc1B(O)O. The van der Waals surface area contributed by atoms with Gasteiger partial charge in [0.2, 0.25) is 0 Å². The molecule has 0 radical (unpaired) electrons. The number of anilines is 1. The van der Waals surface area contributed by atoms with Crippen LogP contribution in [0, 0.1) is 11.3 Å². The average molecular weight is 162 g/mol. The zero-order valence-electron chi connectivity index (χ0n) is 6.23. The molecule has 4 N–H and O–H groups in total. The van der Waals surface area contributed by atoms with Crippen molar-refractivity contribution in [1.29, 1.82) is 5.26 Å². The summed E-state index contributed by atoms with van der Waals surface area (Å²) in [5.41, 5.74) is 6.17. The molecule has 5 heteroatoms. The largest absolute Gasteiger partial charge is 0.489 e. The number of hydrogen-bond acceptors (Lipinski definition) is 4. The summed E-state index contributed by atoms with van der Waals surface area (Å²) in [5, 5.41) is 26.1. The first kappa shape index (κ1) is 8.59. The maximum Gasteiger partial charge on any atom is 0.489 e. The van der Waals surface area contributed by atoms with Gasteiger partial charge >= 0.3 is 7.12 Å². The molecule has 0 saturated heterocycles. The number of nitrogen functional groups attached to an aromatic ring is 1. The van der Waals surface area contributed by atoms with Crippen LogP contribution < -0.4 is 11.2 Å². The Morgan fingerprint density at radius 3 is 2.58 bits per heavy atom. The van der Waals surface area contributed by atoms with Gasteiger partial charge in [-0.25, -0.2) is 0 Å². The van der Waals surface area contributed by atoms with E-state index in [9.17, 15) is 0 Å². The lowest BCUT2D eigenvalue weighted by atomic mass is 9.77. The zero-order valence-corrected chi connectivity index (χ0v) is 6.23. The molecule has 0 aromatic heterocycles. The number of nitrogens with two attached hydrogens (primary N) is 1. The van der Waals surface area contributed by atoms with E-state index in [1.165, 1.54) is 18.2 Å². The van der Waals surface area contributed by atoms with E-state index in [-0.39, 0.29) is 11.0 Å². The van der Waals surface area contributed by atoms with Crippen molar-refractivity contribution < 1.29 is 10.0 Å². The molecular weight excluding hydrogens is 155 g/mol. The summed E-state index contributed by atoms with van der Waals surface area (Å²) in [6.45, 7) is 0. The van der Waals surface area contributed by atoms with Gasteiger partial charge in [-0.1, -0.05) is 6.07 Å². The molecule has 0 unspecified atom stereocenters. The second-order valence-electron chi connectivity index (χ2n) is 2.33. The highest BCUT2D eigenvalue weighted by atomic mass is 16.4. The smallest absolute Gasteiger partial charge is 0.423 e. The summed E-state index contributed by atoms with van der Waals surface area (Å²) in [7, 11) is -1.62. The van der Waals surface area contributed by atoms with Crippen LogP contribution in [0.3, 0.4) is 0 Å². The van der Waals surface area contributed by atoms with E-state index in [2.05, 4.69) is 0 Å². The van der Waals surface area contributed by atoms with E-state index in [1.54, 1.807) is 0 Å². The first-order valence-corrected chi connectivity index (χ1v) is 3.31. The van der Waals surface area contributed by atoms with Crippen molar-refractivity contribution in [2.75, 3.05) is 5.73 Å². The molecule has 60 valence electrons. The van der Waals surface area contributed by atoms with E-state index < -0.39 is 7.12 Å². The Labute approximate surface area is 70.0 Å². The molecular formula is C7H7BN2O2. The van der Waals surface area contributed by atoms with Crippen molar-refractivity contribution >= 4 is 18.3 Å². The Balaban J connectivity index is 3.23. The average Bonchev–Trinajstić information content (AvgIpc) is 2.03. The third kappa shape index (κ3) is 1.56. The van der Waals surface area contributed by atoms with Crippen LogP contribution in [0.2, 0.25) is 0 Å². The van der Waals surface area contributed by atoms with Gasteiger partial charge in [0.25, 0.3) is 0 Å². The van der Waals surface area contributed by atoms with Crippen molar-refractivity contribution in [3.63, 3.8) is 0 Å². The predicted octanol–water partition coefficient (Wildman–Crippen LogP) is -1.18. The summed E-state index contributed by atoms with van der Waals surface area (Å²) in [6.07, 6.45) is 0. The number of rotatable bonds is 1. The van der Waals surface area contributed by atoms with Crippen LogP contribution >= 0.6 is 0 Å². The van der Waals surface area contributed by atoms with Gasteiger partial charge < -0.3 is 15.8 Å². The van der Waals surface area contributed by atoms with E-state index in [1.807, 2.05) is 6.07 Å². The molecule has 0 fully saturated rings. The Kier molecular flexibility index (Phi) is 2.33. The molecule has 0 aliphatic carbocycles. The standard InChI is InChI=1S/C7H7BN2O2/c9-4-5-3-6(10)1-2-7(5)8(11)12/h1-3,11-12H,10H2. The Morgan fingerprint density at radius 2 is 2.08 bits per heavy atom. The van der Waals surface area contributed by atoms with Crippen LogP contribution in [0.25, 0.3) is 0 Å². The van der Waals surface area contributed by atoms with Crippen LogP contribution in [0.1, 0.15) is 5.56 Å². The first-order chi connectivity index (χ1) is 5.65. The van der Waals surface area contributed by atoms with E-state index in [0.29, 0.717) is 5.69 Å². The molecule has 12 heavy (non-hydrogen) atoms. The molecule has 1 rings (SSSR count). The van der Waals surface area contributed by atoms with Crippen LogP contribution in [0.15, 0.2) is 18.2 Å². The quantitative estimate of drug-likeness (QED) is 0.358. The number of benzene rings is 1. The molecule has 0 saturated carbocycles. The van der Waals surface area contributed by atoms with Crippen molar-refractivity contribution in [2.24, 2.45) is 0 Å². The minimum atomic E-state index is -1.62. The molecule has 0 atom stereocenters.